The highest BCUT2D eigenvalue weighted by Gasteiger charge is 2.44. The van der Waals surface area contributed by atoms with Crippen LogP contribution in [0.15, 0.2) is 36.4 Å². The van der Waals surface area contributed by atoms with Gasteiger partial charge in [0, 0.05) is 11.6 Å². The first-order valence-electron chi connectivity index (χ1n) is 6.74. The zero-order chi connectivity index (χ0) is 17.6. The lowest BCUT2D eigenvalue weighted by molar-refractivity contribution is -0.392. The molecule has 0 aliphatic carbocycles. The normalized spacial score (nSPS) is 13.1. The standard InChI is InChI=1S/C15H9N3O6/c1-8-6-7-11(17(21)22)13(12(8)18(23)24)16-14(19)9-4-2-3-5-10(9)15(16)20/h2-7H,1H3. The minimum Gasteiger partial charge on any atom is -0.268 e. The number of nitro benzene ring substituents is 2. The molecule has 2 aromatic carbocycles. The van der Waals surface area contributed by atoms with Crippen molar-refractivity contribution in [1.29, 1.82) is 0 Å². The van der Waals surface area contributed by atoms with E-state index in [2.05, 4.69) is 0 Å². The molecule has 0 atom stereocenters. The molecule has 0 aromatic heterocycles. The van der Waals surface area contributed by atoms with Crippen LogP contribution in [0, 0.1) is 27.2 Å². The Morgan fingerprint density at radius 1 is 0.875 bits per heavy atom. The summed E-state index contributed by atoms with van der Waals surface area (Å²) in [5.41, 5.74) is -1.73. The molecule has 9 heteroatoms. The molecule has 0 saturated heterocycles. The Morgan fingerprint density at radius 3 is 1.88 bits per heavy atom. The average Bonchev–Trinajstić information content (AvgIpc) is 2.78. The van der Waals surface area contributed by atoms with Gasteiger partial charge in [0.05, 0.1) is 21.0 Å². The van der Waals surface area contributed by atoms with Gasteiger partial charge in [-0.3, -0.25) is 29.8 Å². The van der Waals surface area contributed by atoms with Crippen molar-refractivity contribution in [2.45, 2.75) is 6.92 Å². The van der Waals surface area contributed by atoms with Crippen molar-refractivity contribution in [2.24, 2.45) is 0 Å². The number of nitro groups is 2. The number of amides is 2. The van der Waals surface area contributed by atoms with Crippen LogP contribution in [0.5, 0.6) is 0 Å². The Morgan fingerprint density at radius 2 is 1.42 bits per heavy atom. The molecule has 3 rings (SSSR count). The first-order valence-corrected chi connectivity index (χ1v) is 6.74. The molecule has 1 heterocycles. The fourth-order valence-electron chi connectivity index (χ4n) is 2.66. The Kier molecular flexibility index (Phi) is 3.33. The molecule has 1 aliphatic rings. The van der Waals surface area contributed by atoms with Crippen molar-refractivity contribution in [1.82, 2.24) is 0 Å². The van der Waals surface area contributed by atoms with Gasteiger partial charge in [-0.15, -0.1) is 0 Å². The maximum absolute atomic E-state index is 12.5. The number of hydrogen-bond donors (Lipinski definition) is 0. The minimum atomic E-state index is -0.856. The maximum Gasteiger partial charge on any atom is 0.303 e. The van der Waals surface area contributed by atoms with E-state index < -0.39 is 38.7 Å². The SMILES string of the molecule is Cc1ccc([N+](=O)[O-])c(N2C(=O)c3ccccc3C2=O)c1[N+](=O)[O-]. The maximum atomic E-state index is 12.5. The van der Waals surface area contributed by atoms with Gasteiger partial charge in [-0.2, -0.15) is 0 Å². The van der Waals surface area contributed by atoms with Crippen molar-refractivity contribution >= 4 is 28.9 Å². The summed E-state index contributed by atoms with van der Waals surface area (Å²) in [6.07, 6.45) is 0. The molecule has 0 bridgehead atoms. The largest absolute Gasteiger partial charge is 0.303 e. The summed E-state index contributed by atoms with van der Waals surface area (Å²) in [7, 11) is 0. The van der Waals surface area contributed by atoms with Crippen molar-refractivity contribution < 1.29 is 19.4 Å². The highest BCUT2D eigenvalue weighted by Crippen LogP contribution is 2.43. The highest BCUT2D eigenvalue weighted by molar-refractivity contribution is 6.35. The van der Waals surface area contributed by atoms with E-state index in [0.717, 1.165) is 6.07 Å². The Hall–Kier alpha value is -3.62. The third kappa shape index (κ3) is 2.02. The predicted octanol–water partition coefficient (Wildman–Crippen LogP) is 2.61. The molecule has 2 amide bonds. The summed E-state index contributed by atoms with van der Waals surface area (Å²) in [5, 5.41) is 22.7. The number of rotatable bonds is 3. The Labute approximate surface area is 134 Å². The van der Waals surface area contributed by atoms with Crippen LogP contribution in [-0.2, 0) is 0 Å². The van der Waals surface area contributed by atoms with Gasteiger partial charge in [0.1, 0.15) is 0 Å². The number of aryl methyl sites for hydroxylation is 1. The second kappa shape index (κ2) is 5.23. The summed E-state index contributed by atoms with van der Waals surface area (Å²) in [6, 6.07) is 8.10. The van der Waals surface area contributed by atoms with Crippen LogP contribution >= 0.6 is 0 Å². The van der Waals surface area contributed by atoms with E-state index in [1.165, 1.54) is 37.3 Å². The fraction of sp³-hybridized carbons (Fsp3) is 0.0667. The summed E-state index contributed by atoms with van der Waals surface area (Å²) < 4.78 is 0. The third-order valence-electron chi connectivity index (χ3n) is 3.73. The number of nitrogens with zero attached hydrogens (tertiary/aromatic N) is 3. The van der Waals surface area contributed by atoms with E-state index in [9.17, 15) is 29.8 Å². The summed E-state index contributed by atoms with van der Waals surface area (Å²) >= 11 is 0. The average molecular weight is 327 g/mol. The van der Waals surface area contributed by atoms with E-state index in [1.54, 1.807) is 0 Å². The van der Waals surface area contributed by atoms with Crippen LogP contribution in [-0.4, -0.2) is 21.7 Å². The predicted molar refractivity (Wildman–Crippen MR) is 82.1 cm³/mol. The van der Waals surface area contributed by atoms with Gasteiger partial charge in [-0.05, 0) is 25.1 Å². The number of fused-ring (bicyclic) bond motifs is 1. The molecule has 1 aliphatic heterocycles. The highest BCUT2D eigenvalue weighted by atomic mass is 16.6. The van der Waals surface area contributed by atoms with E-state index >= 15 is 0 Å². The van der Waals surface area contributed by atoms with Crippen molar-refractivity contribution in [3.8, 4) is 0 Å². The number of imide groups is 1. The zero-order valence-electron chi connectivity index (χ0n) is 12.3. The van der Waals surface area contributed by atoms with E-state index in [-0.39, 0.29) is 16.7 Å². The van der Waals surface area contributed by atoms with Crippen LogP contribution in [0.4, 0.5) is 17.1 Å². The molecule has 120 valence electrons. The Bertz CT molecular complexity index is 902. The lowest BCUT2D eigenvalue weighted by Crippen LogP contribution is -2.31. The molecule has 0 fully saturated rings. The minimum absolute atomic E-state index is 0.0487. The second-order valence-electron chi connectivity index (χ2n) is 5.10. The van der Waals surface area contributed by atoms with Crippen LogP contribution < -0.4 is 4.90 Å². The van der Waals surface area contributed by atoms with Crippen molar-refractivity contribution in [3.05, 3.63) is 73.3 Å². The van der Waals surface area contributed by atoms with Gasteiger partial charge >= 0.3 is 11.4 Å². The molecule has 0 radical (unpaired) electrons. The molecule has 24 heavy (non-hydrogen) atoms. The molecule has 2 aromatic rings. The van der Waals surface area contributed by atoms with Gasteiger partial charge in [0.25, 0.3) is 11.8 Å². The lowest BCUT2D eigenvalue weighted by Gasteiger charge is -2.15. The van der Waals surface area contributed by atoms with E-state index in [4.69, 9.17) is 0 Å². The quantitative estimate of drug-likeness (QED) is 0.485. The number of carbonyl (C=O) groups is 2. The summed E-state index contributed by atoms with van der Waals surface area (Å²) in [4.78, 5) is 46.6. The van der Waals surface area contributed by atoms with Gasteiger partial charge < -0.3 is 0 Å². The zero-order valence-corrected chi connectivity index (χ0v) is 12.3. The Balaban J connectivity index is 2.33. The second-order valence-corrected chi connectivity index (χ2v) is 5.10. The first kappa shape index (κ1) is 15.3. The topological polar surface area (TPSA) is 124 Å². The molecule has 0 spiro atoms. The smallest absolute Gasteiger partial charge is 0.268 e. The van der Waals surface area contributed by atoms with Crippen LogP contribution in [0.3, 0.4) is 0 Å². The van der Waals surface area contributed by atoms with E-state index in [0.29, 0.717) is 4.90 Å². The lowest BCUT2D eigenvalue weighted by atomic mass is 10.1. The number of carbonyl (C=O) groups excluding carboxylic acids is 2. The third-order valence-corrected chi connectivity index (χ3v) is 3.73. The van der Waals surface area contributed by atoms with Crippen LogP contribution in [0.2, 0.25) is 0 Å². The molecular formula is C15H9N3O6. The number of benzene rings is 2. The molecule has 9 nitrogen and oxygen atoms in total. The molecular weight excluding hydrogens is 318 g/mol. The monoisotopic (exact) mass is 327 g/mol. The van der Waals surface area contributed by atoms with Crippen LogP contribution in [0.1, 0.15) is 26.3 Å². The molecule has 0 saturated carbocycles. The van der Waals surface area contributed by atoms with Crippen LogP contribution in [0.25, 0.3) is 0 Å². The van der Waals surface area contributed by atoms with Gasteiger partial charge in [0.15, 0.2) is 0 Å². The van der Waals surface area contributed by atoms with E-state index in [1.807, 2.05) is 0 Å². The molecule has 0 N–H and O–H groups in total. The van der Waals surface area contributed by atoms with Gasteiger partial charge in [-0.1, -0.05) is 12.1 Å². The summed E-state index contributed by atoms with van der Waals surface area (Å²) in [6.45, 7) is 1.38. The molecule has 0 unspecified atom stereocenters. The summed E-state index contributed by atoms with van der Waals surface area (Å²) in [5.74, 6) is -1.65. The fourth-order valence-corrected chi connectivity index (χ4v) is 2.66. The van der Waals surface area contributed by atoms with Gasteiger partial charge in [-0.25, -0.2) is 4.90 Å². The number of hydrogen-bond acceptors (Lipinski definition) is 6. The van der Waals surface area contributed by atoms with Crippen molar-refractivity contribution in [2.75, 3.05) is 4.90 Å². The number of anilines is 1. The van der Waals surface area contributed by atoms with Crippen molar-refractivity contribution in [3.63, 3.8) is 0 Å². The van der Waals surface area contributed by atoms with Gasteiger partial charge in [0.2, 0.25) is 5.69 Å². The first-order chi connectivity index (χ1) is 11.3.